The van der Waals surface area contributed by atoms with Crippen LogP contribution in [0.4, 0.5) is 0 Å². The fourth-order valence-electron chi connectivity index (χ4n) is 1.68. The van der Waals surface area contributed by atoms with Crippen LogP contribution in [-0.4, -0.2) is 22.6 Å². The first-order valence-electron chi connectivity index (χ1n) is 4.95. The third-order valence-electron chi connectivity index (χ3n) is 2.58. The van der Waals surface area contributed by atoms with Gasteiger partial charge in [0.25, 0.3) is 0 Å². The molecule has 0 aromatic carbocycles. The van der Waals surface area contributed by atoms with E-state index in [9.17, 15) is 9.90 Å². The summed E-state index contributed by atoms with van der Waals surface area (Å²) in [5.41, 5.74) is 7.30. The van der Waals surface area contributed by atoms with Gasteiger partial charge in [0.1, 0.15) is 0 Å². The summed E-state index contributed by atoms with van der Waals surface area (Å²) < 4.78 is 0. The molecular weight excluding hydrogens is 212 g/mol. The van der Waals surface area contributed by atoms with Gasteiger partial charge in [-0.15, -0.1) is 11.3 Å². The second kappa shape index (κ2) is 5.23. The van der Waals surface area contributed by atoms with Crippen molar-refractivity contribution in [2.24, 2.45) is 11.1 Å². The van der Waals surface area contributed by atoms with Crippen molar-refractivity contribution in [3.63, 3.8) is 0 Å². The van der Waals surface area contributed by atoms with Gasteiger partial charge in [-0.05, 0) is 6.42 Å². The van der Waals surface area contributed by atoms with Gasteiger partial charge in [0.05, 0.1) is 16.6 Å². The van der Waals surface area contributed by atoms with Crippen molar-refractivity contribution in [2.45, 2.75) is 26.2 Å². The minimum Gasteiger partial charge on any atom is -0.481 e. The van der Waals surface area contributed by atoms with E-state index in [1.165, 1.54) is 11.3 Å². The Bertz CT molecular complexity index is 313. The lowest BCUT2D eigenvalue weighted by molar-refractivity contribution is -0.148. The van der Waals surface area contributed by atoms with Crippen LogP contribution in [0.2, 0.25) is 0 Å². The standard InChI is InChI=1S/C10H16N2O2S/c1-2-3-10(6-11,9(13)14)4-8-5-15-7-12-8/h5,7H,2-4,6,11H2,1H3,(H,13,14). The molecule has 4 nitrogen and oxygen atoms in total. The molecule has 1 unspecified atom stereocenters. The molecule has 1 atom stereocenters. The molecule has 3 N–H and O–H groups in total. The van der Waals surface area contributed by atoms with Crippen molar-refractivity contribution < 1.29 is 9.90 Å². The minimum atomic E-state index is -0.844. The number of nitrogens with two attached hydrogens (primary N) is 1. The summed E-state index contributed by atoms with van der Waals surface area (Å²) in [6.07, 6.45) is 1.83. The van der Waals surface area contributed by atoms with Crippen LogP contribution in [-0.2, 0) is 11.2 Å². The molecule has 0 bridgehead atoms. The molecule has 5 heteroatoms. The normalized spacial score (nSPS) is 14.8. The van der Waals surface area contributed by atoms with E-state index in [0.717, 1.165) is 12.1 Å². The Morgan fingerprint density at radius 2 is 2.47 bits per heavy atom. The fraction of sp³-hybridized carbons (Fsp3) is 0.600. The minimum absolute atomic E-state index is 0.160. The number of carboxylic acid groups (broad SMARTS) is 1. The van der Waals surface area contributed by atoms with Gasteiger partial charge < -0.3 is 10.8 Å². The van der Waals surface area contributed by atoms with Gasteiger partial charge in [-0.1, -0.05) is 13.3 Å². The van der Waals surface area contributed by atoms with E-state index < -0.39 is 11.4 Å². The predicted octanol–water partition coefficient (Wildman–Crippen LogP) is 1.52. The Morgan fingerprint density at radius 3 is 2.87 bits per heavy atom. The lowest BCUT2D eigenvalue weighted by Crippen LogP contribution is -2.40. The average Bonchev–Trinajstić information content (AvgIpc) is 2.69. The zero-order valence-electron chi connectivity index (χ0n) is 8.77. The molecule has 0 radical (unpaired) electrons. The second-order valence-electron chi connectivity index (χ2n) is 3.70. The first-order chi connectivity index (χ1) is 7.14. The van der Waals surface area contributed by atoms with E-state index in [1.54, 1.807) is 5.51 Å². The predicted molar refractivity (Wildman–Crippen MR) is 59.8 cm³/mol. The van der Waals surface area contributed by atoms with E-state index in [-0.39, 0.29) is 6.54 Å². The van der Waals surface area contributed by atoms with Crippen LogP contribution in [0.3, 0.4) is 0 Å². The van der Waals surface area contributed by atoms with Crippen molar-refractivity contribution in [1.82, 2.24) is 4.98 Å². The van der Waals surface area contributed by atoms with Crippen LogP contribution in [0, 0.1) is 5.41 Å². The highest BCUT2D eigenvalue weighted by molar-refractivity contribution is 7.07. The number of hydrogen-bond acceptors (Lipinski definition) is 4. The molecule has 0 aliphatic heterocycles. The molecule has 0 fully saturated rings. The Kier molecular flexibility index (Phi) is 4.23. The fourth-order valence-corrected chi connectivity index (χ4v) is 2.24. The number of nitrogens with zero attached hydrogens (tertiary/aromatic N) is 1. The van der Waals surface area contributed by atoms with E-state index in [4.69, 9.17) is 5.73 Å². The molecule has 0 aliphatic carbocycles. The molecule has 0 saturated carbocycles. The highest BCUT2D eigenvalue weighted by Crippen LogP contribution is 2.28. The Hall–Kier alpha value is -0.940. The van der Waals surface area contributed by atoms with Crippen molar-refractivity contribution in [3.05, 3.63) is 16.6 Å². The average molecular weight is 228 g/mol. The zero-order chi connectivity index (χ0) is 11.3. The topological polar surface area (TPSA) is 76.2 Å². The van der Waals surface area contributed by atoms with Crippen LogP contribution in [0.15, 0.2) is 10.9 Å². The van der Waals surface area contributed by atoms with Gasteiger partial charge in [0.2, 0.25) is 0 Å². The van der Waals surface area contributed by atoms with Gasteiger partial charge in [0, 0.05) is 18.3 Å². The maximum atomic E-state index is 11.3. The van der Waals surface area contributed by atoms with E-state index in [2.05, 4.69) is 4.98 Å². The zero-order valence-corrected chi connectivity index (χ0v) is 9.59. The summed E-state index contributed by atoms with van der Waals surface area (Å²) in [4.78, 5) is 15.4. The van der Waals surface area contributed by atoms with Crippen LogP contribution in [0.1, 0.15) is 25.5 Å². The number of carbonyl (C=O) groups is 1. The molecule has 0 amide bonds. The summed E-state index contributed by atoms with van der Waals surface area (Å²) in [7, 11) is 0. The van der Waals surface area contributed by atoms with Crippen molar-refractivity contribution in [3.8, 4) is 0 Å². The molecular formula is C10H16N2O2S. The Labute approximate surface area is 93.1 Å². The largest absolute Gasteiger partial charge is 0.481 e. The summed E-state index contributed by atoms with van der Waals surface area (Å²) in [6.45, 7) is 2.13. The van der Waals surface area contributed by atoms with Crippen LogP contribution in [0.25, 0.3) is 0 Å². The van der Waals surface area contributed by atoms with Gasteiger partial charge in [-0.3, -0.25) is 4.79 Å². The molecule has 0 spiro atoms. The molecule has 1 aromatic heterocycles. The molecule has 1 heterocycles. The number of aliphatic carboxylic acids is 1. The Morgan fingerprint density at radius 1 is 1.73 bits per heavy atom. The van der Waals surface area contributed by atoms with Gasteiger partial charge in [-0.25, -0.2) is 4.98 Å². The number of hydrogen-bond donors (Lipinski definition) is 2. The van der Waals surface area contributed by atoms with Crippen LogP contribution >= 0.6 is 11.3 Å². The molecule has 1 rings (SSSR count). The van der Waals surface area contributed by atoms with E-state index in [0.29, 0.717) is 12.8 Å². The van der Waals surface area contributed by atoms with Crippen molar-refractivity contribution >= 4 is 17.3 Å². The monoisotopic (exact) mass is 228 g/mol. The second-order valence-corrected chi connectivity index (χ2v) is 4.41. The van der Waals surface area contributed by atoms with Crippen LogP contribution < -0.4 is 5.73 Å². The first-order valence-corrected chi connectivity index (χ1v) is 5.89. The maximum absolute atomic E-state index is 11.3. The highest BCUT2D eigenvalue weighted by atomic mass is 32.1. The van der Waals surface area contributed by atoms with E-state index in [1.807, 2.05) is 12.3 Å². The smallest absolute Gasteiger partial charge is 0.311 e. The number of thiazole rings is 1. The van der Waals surface area contributed by atoms with Gasteiger partial charge in [0.15, 0.2) is 0 Å². The summed E-state index contributed by atoms with van der Waals surface area (Å²) in [5, 5.41) is 11.1. The first kappa shape index (κ1) is 12.1. The SMILES string of the molecule is CCCC(CN)(Cc1cscn1)C(=O)O. The molecule has 84 valence electrons. The summed E-state index contributed by atoms with van der Waals surface area (Å²) in [5.74, 6) is -0.820. The quantitative estimate of drug-likeness (QED) is 0.774. The van der Waals surface area contributed by atoms with E-state index >= 15 is 0 Å². The lowest BCUT2D eigenvalue weighted by atomic mass is 9.79. The summed E-state index contributed by atoms with van der Waals surface area (Å²) >= 11 is 1.48. The third-order valence-corrected chi connectivity index (χ3v) is 3.21. The van der Waals surface area contributed by atoms with Gasteiger partial charge >= 0.3 is 5.97 Å². The summed E-state index contributed by atoms with van der Waals surface area (Å²) in [6, 6.07) is 0. The third kappa shape index (κ3) is 2.76. The molecule has 0 saturated heterocycles. The van der Waals surface area contributed by atoms with Crippen LogP contribution in [0.5, 0.6) is 0 Å². The molecule has 15 heavy (non-hydrogen) atoms. The molecule has 1 aromatic rings. The lowest BCUT2D eigenvalue weighted by Gasteiger charge is -2.26. The Balaban J connectivity index is 2.84. The maximum Gasteiger partial charge on any atom is 0.311 e. The molecule has 0 aliphatic rings. The number of aromatic nitrogens is 1. The number of carboxylic acids is 1. The number of rotatable bonds is 6. The van der Waals surface area contributed by atoms with Crippen molar-refractivity contribution in [2.75, 3.05) is 6.54 Å². The van der Waals surface area contributed by atoms with Gasteiger partial charge in [-0.2, -0.15) is 0 Å². The highest BCUT2D eigenvalue weighted by Gasteiger charge is 2.36. The van der Waals surface area contributed by atoms with Crippen molar-refractivity contribution in [1.29, 1.82) is 0 Å².